The van der Waals surface area contributed by atoms with Crippen LogP contribution in [0.3, 0.4) is 0 Å². The lowest BCUT2D eigenvalue weighted by molar-refractivity contribution is 0.0514. The van der Waals surface area contributed by atoms with E-state index in [0.29, 0.717) is 18.1 Å². The molecular weight excluding hydrogens is 440 g/mol. The number of carbonyl (C=O) groups is 1. The molecule has 4 aromatic rings. The minimum absolute atomic E-state index is 0.185. The van der Waals surface area contributed by atoms with Gasteiger partial charge in [0.1, 0.15) is 5.82 Å². The molecule has 0 aliphatic rings. The van der Waals surface area contributed by atoms with Crippen molar-refractivity contribution >= 4 is 17.6 Å². The van der Waals surface area contributed by atoms with Crippen LogP contribution in [0.25, 0.3) is 22.5 Å². The lowest BCUT2D eigenvalue weighted by atomic mass is 9.98. The number of esters is 1. The number of carbonyl (C=O) groups excluding carboxylic acids is 1. The number of aryl methyl sites for hydroxylation is 1. The van der Waals surface area contributed by atoms with Gasteiger partial charge in [0.2, 0.25) is 5.82 Å². The number of hydrogen-bond donors (Lipinski definition) is 1. The molecule has 1 N–H and O–H groups in total. The number of unbranched alkanes of at least 4 members (excludes halogenated alkanes) is 1. The maximum absolute atomic E-state index is 12.6. The van der Waals surface area contributed by atoms with Crippen molar-refractivity contribution < 1.29 is 9.53 Å². The summed E-state index contributed by atoms with van der Waals surface area (Å²) in [6.07, 6.45) is 2.72. The number of tetrazole rings is 1. The van der Waals surface area contributed by atoms with Crippen molar-refractivity contribution in [2.24, 2.45) is 0 Å². The van der Waals surface area contributed by atoms with Crippen LogP contribution in [0.15, 0.2) is 48.5 Å². The number of benzene rings is 2. The van der Waals surface area contributed by atoms with Crippen molar-refractivity contribution in [3.8, 4) is 22.5 Å². The second-order valence-corrected chi connectivity index (χ2v) is 7.91. The van der Waals surface area contributed by atoms with Gasteiger partial charge in [0.25, 0.3) is 0 Å². The lowest BCUT2D eigenvalue weighted by Crippen LogP contribution is -2.15. The van der Waals surface area contributed by atoms with Gasteiger partial charge in [0.15, 0.2) is 10.8 Å². The zero-order valence-electron chi connectivity index (χ0n) is 18.6. The van der Waals surface area contributed by atoms with Crippen molar-refractivity contribution in [3.63, 3.8) is 0 Å². The molecule has 0 spiro atoms. The molecule has 2 aromatic heterocycles. The van der Waals surface area contributed by atoms with E-state index in [4.69, 9.17) is 16.3 Å². The number of halogens is 1. The Morgan fingerprint density at radius 1 is 1.09 bits per heavy atom. The Hall–Kier alpha value is -3.52. The van der Waals surface area contributed by atoms with E-state index in [9.17, 15) is 4.79 Å². The van der Waals surface area contributed by atoms with E-state index in [1.54, 1.807) is 6.92 Å². The molecule has 2 heterocycles. The van der Waals surface area contributed by atoms with Crippen molar-refractivity contribution in [2.75, 3.05) is 6.61 Å². The lowest BCUT2D eigenvalue weighted by Gasteiger charge is -2.13. The quantitative estimate of drug-likeness (QED) is 0.352. The van der Waals surface area contributed by atoms with Crippen LogP contribution in [0.2, 0.25) is 5.15 Å². The molecule has 0 fully saturated rings. The first-order valence-electron chi connectivity index (χ1n) is 11.0. The minimum atomic E-state index is -0.455. The van der Waals surface area contributed by atoms with E-state index >= 15 is 0 Å². The molecular formula is C24H25ClN6O2. The molecule has 0 saturated carbocycles. The molecule has 170 valence electrons. The molecule has 33 heavy (non-hydrogen) atoms. The molecule has 0 radical (unpaired) electrons. The third-order valence-corrected chi connectivity index (χ3v) is 5.61. The van der Waals surface area contributed by atoms with Crippen LogP contribution in [0, 0.1) is 0 Å². The van der Waals surface area contributed by atoms with Gasteiger partial charge in [-0.25, -0.2) is 9.78 Å². The minimum Gasteiger partial charge on any atom is -0.461 e. The fourth-order valence-corrected chi connectivity index (χ4v) is 4.01. The van der Waals surface area contributed by atoms with Gasteiger partial charge < -0.3 is 9.30 Å². The summed E-state index contributed by atoms with van der Waals surface area (Å²) in [7, 11) is 0. The first-order valence-corrected chi connectivity index (χ1v) is 11.3. The largest absolute Gasteiger partial charge is 0.461 e. The predicted molar refractivity (Wildman–Crippen MR) is 126 cm³/mol. The second kappa shape index (κ2) is 10.4. The van der Waals surface area contributed by atoms with Crippen LogP contribution in [-0.2, 0) is 17.7 Å². The highest BCUT2D eigenvalue weighted by atomic mass is 35.5. The van der Waals surface area contributed by atoms with Crippen molar-refractivity contribution in [1.29, 1.82) is 0 Å². The smallest absolute Gasteiger partial charge is 0.358 e. The van der Waals surface area contributed by atoms with Gasteiger partial charge in [-0.3, -0.25) is 0 Å². The Morgan fingerprint density at radius 3 is 2.52 bits per heavy atom. The number of nitrogens with one attached hydrogen (secondary N) is 1. The number of nitrogens with zero attached hydrogens (tertiary/aromatic N) is 5. The SMILES string of the molecule is CCCCc1nc(Cl)c(C(=O)OCC)n1Cc1ccc(-c2ccccc2-c2nn[nH]n2)cc1. The normalized spacial score (nSPS) is 11.0. The maximum atomic E-state index is 12.6. The predicted octanol–water partition coefficient (Wildman–Crippen LogP) is 4.95. The van der Waals surface area contributed by atoms with Gasteiger partial charge in [-0.05, 0) is 35.2 Å². The Balaban J connectivity index is 1.65. The highest BCUT2D eigenvalue weighted by Gasteiger charge is 2.23. The summed E-state index contributed by atoms with van der Waals surface area (Å²) in [6, 6.07) is 16.1. The van der Waals surface area contributed by atoms with Crippen LogP contribution in [-0.4, -0.2) is 42.8 Å². The average molecular weight is 465 g/mol. The van der Waals surface area contributed by atoms with E-state index in [-0.39, 0.29) is 11.8 Å². The van der Waals surface area contributed by atoms with E-state index in [0.717, 1.165) is 47.3 Å². The van der Waals surface area contributed by atoms with E-state index in [1.165, 1.54) is 0 Å². The molecule has 4 rings (SSSR count). The Labute approximate surface area is 197 Å². The van der Waals surface area contributed by atoms with Crippen molar-refractivity contribution in [3.05, 3.63) is 70.8 Å². The summed E-state index contributed by atoms with van der Waals surface area (Å²) in [5.41, 5.74) is 4.25. The van der Waals surface area contributed by atoms with Gasteiger partial charge in [-0.1, -0.05) is 73.5 Å². The van der Waals surface area contributed by atoms with Crippen molar-refractivity contribution in [1.82, 2.24) is 30.2 Å². The molecule has 0 saturated heterocycles. The van der Waals surface area contributed by atoms with Gasteiger partial charge in [0.05, 0.1) is 6.61 Å². The number of aromatic amines is 1. The van der Waals surface area contributed by atoms with E-state index < -0.39 is 5.97 Å². The van der Waals surface area contributed by atoms with Gasteiger partial charge in [-0.2, -0.15) is 5.21 Å². The molecule has 0 bridgehead atoms. The number of imidazole rings is 1. The molecule has 0 unspecified atom stereocenters. The number of rotatable bonds is 9. The first kappa shape index (κ1) is 22.7. The van der Waals surface area contributed by atoms with E-state index in [2.05, 4.69) is 32.5 Å². The monoisotopic (exact) mass is 464 g/mol. The number of hydrogen-bond acceptors (Lipinski definition) is 6. The van der Waals surface area contributed by atoms with Gasteiger partial charge >= 0.3 is 5.97 Å². The third-order valence-electron chi connectivity index (χ3n) is 5.35. The summed E-state index contributed by atoms with van der Waals surface area (Å²) in [4.78, 5) is 17.0. The molecule has 0 amide bonds. The van der Waals surface area contributed by atoms with Gasteiger partial charge in [0, 0.05) is 18.5 Å². The summed E-state index contributed by atoms with van der Waals surface area (Å²) < 4.78 is 7.10. The van der Waals surface area contributed by atoms with Crippen molar-refractivity contribution in [2.45, 2.75) is 39.7 Å². The van der Waals surface area contributed by atoms with Gasteiger partial charge in [-0.15, -0.1) is 10.2 Å². The van der Waals surface area contributed by atoms with Crippen LogP contribution in [0.1, 0.15) is 48.6 Å². The summed E-state index contributed by atoms with van der Waals surface area (Å²) in [5.74, 6) is 0.877. The molecule has 8 nitrogen and oxygen atoms in total. The average Bonchev–Trinajstić information content (AvgIpc) is 3.47. The number of aromatic nitrogens is 6. The highest BCUT2D eigenvalue weighted by Crippen LogP contribution is 2.30. The topological polar surface area (TPSA) is 98.6 Å². The Morgan fingerprint density at radius 2 is 1.85 bits per heavy atom. The first-order chi connectivity index (χ1) is 16.1. The third kappa shape index (κ3) is 4.96. The second-order valence-electron chi connectivity index (χ2n) is 7.56. The molecule has 9 heteroatoms. The zero-order chi connectivity index (χ0) is 23.2. The van der Waals surface area contributed by atoms with E-state index in [1.807, 2.05) is 53.1 Å². The Kier molecular flexibility index (Phi) is 7.14. The van der Waals surface area contributed by atoms with Crippen LogP contribution in [0.4, 0.5) is 0 Å². The Bertz CT molecular complexity index is 1220. The fourth-order valence-electron chi connectivity index (χ4n) is 3.73. The summed E-state index contributed by atoms with van der Waals surface area (Å²) in [5, 5.41) is 14.6. The standard InChI is InChI=1S/C24H25ClN6O2/c1-3-5-10-20-26-22(25)21(24(32)33-4-2)31(20)15-16-11-13-17(14-12-16)18-8-6-7-9-19(18)23-27-29-30-28-23/h6-9,11-14H,3-5,10,15H2,1-2H3,(H,27,28,29,30). The summed E-state index contributed by atoms with van der Waals surface area (Å²) in [6.45, 7) is 4.64. The van der Waals surface area contributed by atoms with Crippen LogP contribution in [0.5, 0.6) is 0 Å². The zero-order valence-corrected chi connectivity index (χ0v) is 19.3. The number of H-pyrrole nitrogens is 1. The number of ether oxygens (including phenoxy) is 1. The molecule has 0 aliphatic carbocycles. The molecule has 0 aliphatic heterocycles. The highest BCUT2D eigenvalue weighted by molar-refractivity contribution is 6.32. The maximum Gasteiger partial charge on any atom is 0.358 e. The summed E-state index contributed by atoms with van der Waals surface area (Å²) >= 11 is 6.35. The van der Waals surface area contributed by atoms with Crippen LogP contribution < -0.4 is 0 Å². The molecule has 2 aromatic carbocycles. The van der Waals surface area contributed by atoms with Crippen LogP contribution >= 0.6 is 11.6 Å². The molecule has 0 atom stereocenters. The fraction of sp³-hybridized carbons (Fsp3) is 0.292.